The summed E-state index contributed by atoms with van der Waals surface area (Å²) in [5.41, 5.74) is 0. The molecule has 0 aromatic carbocycles. The highest BCUT2D eigenvalue weighted by Gasteiger charge is 2.40. The molecule has 0 bridgehead atoms. The van der Waals surface area contributed by atoms with Crippen molar-refractivity contribution in [1.29, 1.82) is 0 Å². The standard InChI is InChI=1S/C11H14N4O5/c16-9(4-15-6-12-5-13-15)14-2-1-7(10(17)18)8(3-14)11(19)20/h5-8H,1-4H2,(H,17,18)(H,19,20). The van der Waals surface area contributed by atoms with Crippen molar-refractivity contribution >= 4 is 17.8 Å². The Morgan fingerprint density at radius 3 is 2.45 bits per heavy atom. The molecule has 2 N–H and O–H groups in total. The summed E-state index contributed by atoms with van der Waals surface area (Å²) in [4.78, 5) is 39.2. The lowest BCUT2D eigenvalue weighted by Gasteiger charge is -2.34. The van der Waals surface area contributed by atoms with Gasteiger partial charge in [-0.3, -0.25) is 14.4 Å². The van der Waals surface area contributed by atoms with E-state index in [0.717, 1.165) is 0 Å². The highest BCUT2D eigenvalue weighted by atomic mass is 16.4. The van der Waals surface area contributed by atoms with E-state index in [1.54, 1.807) is 0 Å². The third-order valence-corrected chi connectivity index (χ3v) is 3.36. The molecule has 1 aliphatic rings. The molecule has 20 heavy (non-hydrogen) atoms. The van der Waals surface area contributed by atoms with Crippen LogP contribution in [0.5, 0.6) is 0 Å². The van der Waals surface area contributed by atoms with Gasteiger partial charge in [-0.05, 0) is 6.42 Å². The Balaban J connectivity index is 2.02. The van der Waals surface area contributed by atoms with E-state index in [0.29, 0.717) is 0 Å². The molecular formula is C11H14N4O5. The summed E-state index contributed by atoms with van der Waals surface area (Å²) in [6, 6.07) is 0. The summed E-state index contributed by atoms with van der Waals surface area (Å²) >= 11 is 0. The van der Waals surface area contributed by atoms with Crippen molar-refractivity contribution in [2.24, 2.45) is 11.8 Å². The average molecular weight is 282 g/mol. The largest absolute Gasteiger partial charge is 0.481 e. The van der Waals surface area contributed by atoms with Gasteiger partial charge in [0.05, 0.1) is 11.8 Å². The van der Waals surface area contributed by atoms with Crippen LogP contribution >= 0.6 is 0 Å². The topological polar surface area (TPSA) is 126 Å². The Morgan fingerprint density at radius 1 is 1.20 bits per heavy atom. The van der Waals surface area contributed by atoms with Gasteiger partial charge in [0.1, 0.15) is 19.2 Å². The number of carboxylic acids is 2. The molecule has 1 fully saturated rings. The highest BCUT2D eigenvalue weighted by molar-refractivity contribution is 5.82. The van der Waals surface area contributed by atoms with Crippen molar-refractivity contribution in [3.8, 4) is 0 Å². The second kappa shape index (κ2) is 5.68. The van der Waals surface area contributed by atoms with Crippen molar-refractivity contribution in [2.45, 2.75) is 13.0 Å². The van der Waals surface area contributed by atoms with E-state index < -0.39 is 23.8 Å². The Hall–Kier alpha value is -2.45. The lowest BCUT2D eigenvalue weighted by atomic mass is 9.85. The second-order valence-corrected chi connectivity index (χ2v) is 4.61. The number of carbonyl (C=O) groups is 3. The number of carboxylic acid groups (broad SMARTS) is 2. The fraction of sp³-hybridized carbons (Fsp3) is 0.545. The van der Waals surface area contributed by atoms with Gasteiger partial charge in [-0.15, -0.1) is 0 Å². The predicted octanol–water partition coefficient (Wildman–Crippen LogP) is -1.09. The number of carbonyl (C=O) groups excluding carboxylic acids is 1. The highest BCUT2D eigenvalue weighted by Crippen LogP contribution is 2.24. The van der Waals surface area contributed by atoms with Crippen LogP contribution in [-0.4, -0.2) is 60.8 Å². The van der Waals surface area contributed by atoms with E-state index in [2.05, 4.69) is 10.1 Å². The molecule has 1 saturated heterocycles. The van der Waals surface area contributed by atoms with Crippen molar-refractivity contribution in [3.05, 3.63) is 12.7 Å². The zero-order valence-electron chi connectivity index (χ0n) is 10.5. The van der Waals surface area contributed by atoms with Crippen molar-refractivity contribution < 1.29 is 24.6 Å². The van der Waals surface area contributed by atoms with E-state index >= 15 is 0 Å². The predicted molar refractivity (Wildman–Crippen MR) is 63.5 cm³/mol. The Morgan fingerprint density at radius 2 is 1.90 bits per heavy atom. The first-order valence-electron chi connectivity index (χ1n) is 6.05. The van der Waals surface area contributed by atoms with Gasteiger partial charge in [0.2, 0.25) is 5.91 Å². The maximum Gasteiger partial charge on any atom is 0.309 e. The summed E-state index contributed by atoms with van der Waals surface area (Å²) in [6.45, 7) is 0.0954. The van der Waals surface area contributed by atoms with Crippen LogP contribution in [0.4, 0.5) is 0 Å². The molecule has 1 aromatic rings. The van der Waals surface area contributed by atoms with Crippen LogP contribution in [0.25, 0.3) is 0 Å². The molecule has 2 rings (SSSR count). The molecule has 1 aliphatic heterocycles. The minimum absolute atomic E-state index is 0.0376. The van der Waals surface area contributed by atoms with Crippen LogP contribution in [0.2, 0.25) is 0 Å². The lowest BCUT2D eigenvalue weighted by molar-refractivity contribution is -0.159. The first-order valence-corrected chi connectivity index (χ1v) is 6.05. The number of hydrogen-bond donors (Lipinski definition) is 2. The molecule has 0 aliphatic carbocycles. The summed E-state index contributed by atoms with van der Waals surface area (Å²) in [7, 11) is 0. The van der Waals surface area contributed by atoms with Gasteiger partial charge in [0.15, 0.2) is 0 Å². The number of likely N-dealkylation sites (tertiary alicyclic amines) is 1. The normalized spacial score (nSPS) is 22.5. The minimum Gasteiger partial charge on any atom is -0.481 e. The average Bonchev–Trinajstić information content (AvgIpc) is 2.90. The monoisotopic (exact) mass is 282 g/mol. The number of hydrogen-bond acceptors (Lipinski definition) is 5. The van der Waals surface area contributed by atoms with Crippen molar-refractivity contribution in [2.75, 3.05) is 13.1 Å². The van der Waals surface area contributed by atoms with E-state index in [1.165, 1.54) is 22.2 Å². The summed E-state index contributed by atoms with van der Waals surface area (Å²) in [5.74, 6) is -4.68. The van der Waals surface area contributed by atoms with Crippen LogP contribution in [0.3, 0.4) is 0 Å². The molecule has 0 spiro atoms. The van der Waals surface area contributed by atoms with Gasteiger partial charge in [0, 0.05) is 13.1 Å². The van der Waals surface area contributed by atoms with Crippen LogP contribution < -0.4 is 0 Å². The van der Waals surface area contributed by atoms with Crippen LogP contribution in [0.1, 0.15) is 6.42 Å². The van der Waals surface area contributed by atoms with Crippen molar-refractivity contribution in [3.63, 3.8) is 0 Å². The van der Waals surface area contributed by atoms with Gasteiger partial charge in [0.25, 0.3) is 0 Å². The zero-order valence-corrected chi connectivity index (χ0v) is 10.5. The summed E-state index contributed by atoms with van der Waals surface area (Å²) in [6.07, 6.45) is 2.82. The summed E-state index contributed by atoms with van der Waals surface area (Å²) in [5, 5.41) is 21.9. The maximum absolute atomic E-state index is 12.0. The smallest absolute Gasteiger partial charge is 0.309 e. The molecule has 1 amide bonds. The Kier molecular flexibility index (Phi) is 3.97. The first kappa shape index (κ1) is 14.0. The van der Waals surface area contributed by atoms with Gasteiger partial charge in [-0.25, -0.2) is 9.67 Å². The van der Waals surface area contributed by atoms with Gasteiger partial charge < -0.3 is 15.1 Å². The van der Waals surface area contributed by atoms with E-state index in [-0.39, 0.29) is 32.0 Å². The molecule has 0 saturated carbocycles. The van der Waals surface area contributed by atoms with Crippen molar-refractivity contribution in [1.82, 2.24) is 19.7 Å². The van der Waals surface area contributed by atoms with E-state index in [9.17, 15) is 14.4 Å². The fourth-order valence-electron chi connectivity index (χ4n) is 2.28. The van der Waals surface area contributed by atoms with Gasteiger partial charge >= 0.3 is 11.9 Å². The van der Waals surface area contributed by atoms with Crippen LogP contribution in [0, 0.1) is 11.8 Å². The molecule has 0 radical (unpaired) electrons. The Bertz CT molecular complexity index is 515. The third-order valence-electron chi connectivity index (χ3n) is 3.36. The number of piperidine rings is 1. The number of rotatable bonds is 4. The first-order chi connectivity index (χ1) is 9.49. The molecule has 9 nitrogen and oxygen atoms in total. The van der Waals surface area contributed by atoms with Gasteiger partial charge in [-0.2, -0.15) is 5.10 Å². The third kappa shape index (κ3) is 2.92. The van der Waals surface area contributed by atoms with E-state index in [4.69, 9.17) is 10.2 Å². The lowest BCUT2D eigenvalue weighted by Crippen LogP contribution is -2.49. The molecule has 2 heterocycles. The number of nitrogens with zero attached hydrogens (tertiary/aromatic N) is 4. The molecule has 108 valence electrons. The molecule has 2 unspecified atom stereocenters. The van der Waals surface area contributed by atoms with Gasteiger partial charge in [-0.1, -0.05) is 0 Å². The van der Waals surface area contributed by atoms with Crippen LogP contribution in [0.15, 0.2) is 12.7 Å². The molecular weight excluding hydrogens is 268 g/mol. The number of amides is 1. The molecule has 2 atom stereocenters. The summed E-state index contributed by atoms with van der Waals surface area (Å²) < 4.78 is 1.33. The maximum atomic E-state index is 12.0. The quantitative estimate of drug-likeness (QED) is 0.718. The molecule has 9 heteroatoms. The van der Waals surface area contributed by atoms with E-state index in [1.807, 2.05) is 0 Å². The molecule has 1 aromatic heterocycles. The second-order valence-electron chi connectivity index (χ2n) is 4.61. The fourth-order valence-corrected chi connectivity index (χ4v) is 2.28. The Labute approximate surface area is 113 Å². The van der Waals surface area contributed by atoms with Crippen LogP contribution in [-0.2, 0) is 20.9 Å². The number of aliphatic carboxylic acids is 2. The minimum atomic E-state index is -1.20. The number of aromatic nitrogens is 3. The SMILES string of the molecule is O=C(O)C1CCN(C(=O)Cn2cncn2)CC1C(=O)O. The zero-order chi connectivity index (χ0) is 14.7.